The van der Waals surface area contributed by atoms with E-state index in [2.05, 4.69) is 23.3 Å². The van der Waals surface area contributed by atoms with Crippen LogP contribution in [0.25, 0.3) is 11.0 Å². The van der Waals surface area contributed by atoms with Gasteiger partial charge in [0, 0.05) is 6.54 Å². The van der Waals surface area contributed by atoms with Gasteiger partial charge >= 0.3 is 0 Å². The molecule has 0 saturated heterocycles. The Morgan fingerprint density at radius 2 is 1.66 bits per heavy atom. The Morgan fingerprint density at radius 1 is 0.906 bits per heavy atom. The molecule has 0 unspecified atom stereocenters. The van der Waals surface area contributed by atoms with E-state index in [-0.39, 0.29) is 0 Å². The summed E-state index contributed by atoms with van der Waals surface area (Å²) >= 11 is 0. The molecule has 164 valence electrons. The van der Waals surface area contributed by atoms with Crippen molar-refractivity contribution >= 4 is 11.0 Å². The Hall–Kier alpha value is -3.73. The molecule has 0 fully saturated rings. The van der Waals surface area contributed by atoms with Crippen molar-refractivity contribution in [3.05, 3.63) is 96.8 Å². The van der Waals surface area contributed by atoms with E-state index in [1.54, 1.807) is 7.11 Å². The van der Waals surface area contributed by atoms with Crippen molar-refractivity contribution in [2.45, 2.75) is 26.0 Å². The fraction of sp³-hybridized carbons (Fsp3) is 0.222. The van der Waals surface area contributed by atoms with Crippen LogP contribution < -0.4 is 14.2 Å². The summed E-state index contributed by atoms with van der Waals surface area (Å²) in [5.41, 5.74) is 3.20. The highest BCUT2D eigenvalue weighted by Crippen LogP contribution is 2.23. The second-order valence-electron chi connectivity index (χ2n) is 7.44. The molecule has 0 N–H and O–H groups in total. The molecule has 3 aromatic carbocycles. The number of hydrogen-bond acceptors (Lipinski definition) is 4. The van der Waals surface area contributed by atoms with Crippen molar-refractivity contribution in [1.29, 1.82) is 0 Å². The Bertz CT molecular complexity index is 1170. The molecule has 0 spiro atoms. The van der Waals surface area contributed by atoms with E-state index in [0.29, 0.717) is 13.2 Å². The third-order valence-electron chi connectivity index (χ3n) is 5.28. The Morgan fingerprint density at radius 3 is 2.47 bits per heavy atom. The third-order valence-corrected chi connectivity index (χ3v) is 5.28. The molecular weight excluding hydrogens is 400 g/mol. The summed E-state index contributed by atoms with van der Waals surface area (Å²) in [6.45, 7) is 5.65. The van der Waals surface area contributed by atoms with Crippen LogP contribution in [0, 0.1) is 0 Å². The molecule has 0 aliphatic carbocycles. The number of ether oxygens (including phenoxy) is 3. The lowest BCUT2D eigenvalue weighted by Crippen LogP contribution is -2.10. The Balaban J connectivity index is 1.43. The zero-order valence-electron chi connectivity index (χ0n) is 18.4. The maximum atomic E-state index is 6.17. The number of imidazole rings is 1. The average Bonchev–Trinajstić information content (AvgIpc) is 3.19. The van der Waals surface area contributed by atoms with Gasteiger partial charge in [-0.2, -0.15) is 0 Å². The molecule has 4 aromatic rings. The van der Waals surface area contributed by atoms with E-state index in [1.807, 2.05) is 66.7 Å². The van der Waals surface area contributed by atoms with Crippen LogP contribution >= 0.6 is 0 Å². The van der Waals surface area contributed by atoms with Crippen LogP contribution in [0.2, 0.25) is 0 Å². The van der Waals surface area contributed by atoms with Crippen LogP contribution in [-0.2, 0) is 19.6 Å². The van der Waals surface area contributed by atoms with E-state index in [1.165, 1.54) is 0 Å². The zero-order valence-corrected chi connectivity index (χ0v) is 18.4. The second kappa shape index (κ2) is 10.5. The summed E-state index contributed by atoms with van der Waals surface area (Å²) < 4.78 is 19.5. The zero-order chi connectivity index (χ0) is 22.2. The highest BCUT2D eigenvalue weighted by molar-refractivity contribution is 5.75. The smallest absolute Gasteiger partial charge is 0.148 e. The number of allylic oxidation sites excluding steroid dienone is 1. The second-order valence-corrected chi connectivity index (χ2v) is 7.44. The highest BCUT2D eigenvalue weighted by Gasteiger charge is 2.12. The van der Waals surface area contributed by atoms with Gasteiger partial charge < -0.3 is 18.8 Å². The lowest BCUT2D eigenvalue weighted by atomic mass is 10.1. The lowest BCUT2D eigenvalue weighted by molar-refractivity contribution is 0.278. The van der Waals surface area contributed by atoms with Gasteiger partial charge in [-0.15, -0.1) is 6.58 Å². The van der Waals surface area contributed by atoms with Gasteiger partial charge in [-0.1, -0.05) is 36.4 Å². The minimum atomic E-state index is 0.405. The molecule has 0 bridgehead atoms. The first-order valence-electron chi connectivity index (χ1n) is 10.8. The van der Waals surface area contributed by atoms with Crippen LogP contribution in [0.4, 0.5) is 0 Å². The van der Waals surface area contributed by atoms with Gasteiger partial charge in [-0.25, -0.2) is 4.98 Å². The monoisotopic (exact) mass is 428 g/mol. The third kappa shape index (κ3) is 5.11. The molecule has 0 saturated carbocycles. The molecule has 0 amide bonds. The quantitative estimate of drug-likeness (QED) is 0.223. The van der Waals surface area contributed by atoms with E-state index in [0.717, 1.165) is 59.1 Å². The number of rotatable bonds is 11. The summed E-state index contributed by atoms with van der Waals surface area (Å²) in [6, 6.07) is 23.9. The van der Waals surface area contributed by atoms with Gasteiger partial charge in [-0.3, -0.25) is 0 Å². The molecule has 32 heavy (non-hydrogen) atoms. The van der Waals surface area contributed by atoms with Gasteiger partial charge in [-0.05, 0) is 60.9 Å². The maximum Gasteiger partial charge on any atom is 0.148 e. The molecule has 0 aliphatic rings. The van der Waals surface area contributed by atoms with Crippen LogP contribution in [0.1, 0.15) is 17.8 Å². The van der Waals surface area contributed by atoms with Gasteiger partial charge in [0.1, 0.15) is 29.7 Å². The fourth-order valence-electron chi connectivity index (χ4n) is 3.68. The average molecular weight is 429 g/mol. The van der Waals surface area contributed by atoms with Crippen LogP contribution in [0.15, 0.2) is 85.5 Å². The predicted molar refractivity (Wildman–Crippen MR) is 128 cm³/mol. The molecule has 0 atom stereocenters. The van der Waals surface area contributed by atoms with E-state index >= 15 is 0 Å². The van der Waals surface area contributed by atoms with Crippen molar-refractivity contribution in [2.75, 3.05) is 13.7 Å². The first-order chi connectivity index (χ1) is 15.8. The molecule has 0 radical (unpaired) electrons. The van der Waals surface area contributed by atoms with Crippen molar-refractivity contribution in [3.8, 4) is 17.2 Å². The minimum absolute atomic E-state index is 0.405. The summed E-state index contributed by atoms with van der Waals surface area (Å²) in [4.78, 5) is 4.82. The van der Waals surface area contributed by atoms with Crippen LogP contribution in [0.5, 0.6) is 17.2 Å². The first-order valence-corrected chi connectivity index (χ1v) is 10.8. The van der Waals surface area contributed by atoms with Crippen molar-refractivity contribution in [1.82, 2.24) is 9.55 Å². The highest BCUT2D eigenvalue weighted by atomic mass is 16.5. The fourth-order valence-corrected chi connectivity index (χ4v) is 3.68. The summed E-state index contributed by atoms with van der Waals surface area (Å²) in [5, 5.41) is 0. The number of benzene rings is 3. The van der Waals surface area contributed by atoms with Gasteiger partial charge in [0.05, 0.1) is 24.8 Å². The van der Waals surface area contributed by atoms with Crippen LogP contribution in [0.3, 0.4) is 0 Å². The number of methoxy groups -OCH3 is 1. The number of fused-ring (bicyclic) bond motifs is 1. The maximum absolute atomic E-state index is 6.17. The number of aromatic nitrogens is 2. The normalized spacial score (nSPS) is 10.8. The SMILES string of the molecule is C=CCc1ccccc1OCc1nc2ccccc2n1CCCOc1ccc(OC)cc1. The van der Waals surface area contributed by atoms with Gasteiger partial charge in [0.25, 0.3) is 0 Å². The molecule has 5 nitrogen and oxygen atoms in total. The van der Waals surface area contributed by atoms with Crippen molar-refractivity contribution < 1.29 is 14.2 Å². The summed E-state index contributed by atoms with van der Waals surface area (Å²) in [6.07, 6.45) is 3.52. The molecule has 5 heteroatoms. The lowest BCUT2D eigenvalue weighted by Gasteiger charge is -2.13. The van der Waals surface area contributed by atoms with E-state index in [9.17, 15) is 0 Å². The van der Waals surface area contributed by atoms with E-state index < -0.39 is 0 Å². The van der Waals surface area contributed by atoms with Crippen LogP contribution in [-0.4, -0.2) is 23.3 Å². The number of hydrogen-bond donors (Lipinski definition) is 0. The molecule has 4 rings (SSSR count). The molecule has 1 heterocycles. The molecule has 1 aromatic heterocycles. The number of para-hydroxylation sites is 3. The van der Waals surface area contributed by atoms with Gasteiger partial charge in [0.2, 0.25) is 0 Å². The topological polar surface area (TPSA) is 45.5 Å². The molecular formula is C27H28N2O3. The van der Waals surface area contributed by atoms with Crippen molar-refractivity contribution in [3.63, 3.8) is 0 Å². The predicted octanol–water partition coefficient (Wildman–Crippen LogP) is 5.82. The largest absolute Gasteiger partial charge is 0.497 e. The Kier molecular flexibility index (Phi) is 7.08. The van der Waals surface area contributed by atoms with E-state index in [4.69, 9.17) is 19.2 Å². The first kappa shape index (κ1) is 21.5. The summed E-state index contributed by atoms with van der Waals surface area (Å²) in [7, 11) is 1.66. The summed E-state index contributed by atoms with van der Waals surface area (Å²) in [5.74, 6) is 3.43. The molecule has 0 aliphatic heterocycles. The standard InChI is InChI=1S/C27H28N2O3/c1-3-9-21-10-4-7-13-26(21)32-20-27-28-24-11-5-6-12-25(24)29(27)18-8-19-31-23-16-14-22(30-2)15-17-23/h3-7,10-17H,1,8-9,18-20H2,2H3. The number of nitrogens with zero attached hydrogens (tertiary/aromatic N) is 2. The van der Waals surface area contributed by atoms with Gasteiger partial charge in [0.15, 0.2) is 0 Å². The van der Waals surface area contributed by atoms with Crippen molar-refractivity contribution in [2.24, 2.45) is 0 Å². The number of aryl methyl sites for hydroxylation is 1. The minimum Gasteiger partial charge on any atom is -0.497 e. The Labute approximate surface area is 188 Å².